The van der Waals surface area contributed by atoms with Gasteiger partial charge in [-0.15, -0.1) is 0 Å². The SMILES string of the molecule is CC(C)c1cc(OCC(=O)O)c2c3c(C(N)=O)cccc3n(Cc3cccc(C(F)(F)F)c3)c2c1. The summed E-state index contributed by atoms with van der Waals surface area (Å²) in [7, 11) is 0. The highest BCUT2D eigenvalue weighted by Gasteiger charge is 2.30. The van der Waals surface area contributed by atoms with Crippen molar-refractivity contribution < 1.29 is 32.6 Å². The summed E-state index contributed by atoms with van der Waals surface area (Å²) in [6.45, 7) is 3.38. The summed E-state index contributed by atoms with van der Waals surface area (Å²) in [5.41, 5.74) is 7.49. The highest BCUT2D eigenvalue weighted by molar-refractivity contribution is 6.20. The predicted octanol–water partition coefficient (Wildman–Crippen LogP) is 5.55. The van der Waals surface area contributed by atoms with Crippen molar-refractivity contribution in [3.05, 3.63) is 76.9 Å². The first-order valence-corrected chi connectivity index (χ1v) is 10.9. The molecule has 3 N–H and O–H groups in total. The van der Waals surface area contributed by atoms with E-state index in [4.69, 9.17) is 10.5 Å². The number of aromatic nitrogens is 1. The van der Waals surface area contributed by atoms with Gasteiger partial charge >= 0.3 is 12.1 Å². The van der Waals surface area contributed by atoms with Crippen molar-refractivity contribution >= 4 is 33.7 Å². The van der Waals surface area contributed by atoms with Gasteiger partial charge in [-0.05, 0) is 53.4 Å². The highest BCUT2D eigenvalue weighted by atomic mass is 19.4. The van der Waals surface area contributed by atoms with Crippen LogP contribution in [-0.2, 0) is 17.5 Å². The van der Waals surface area contributed by atoms with Gasteiger partial charge in [0.05, 0.1) is 22.0 Å². The van der Waals surface area contributed by atoms with E-state index >= 15 is 0 Å². The van der Waals surface area contributed by atoms with Crippen molar-refractivity contribution in [2.24, 2.45) is 5.73 Å². The second kappa shape index (κ2) is 8.98. The molecule has 35 heavy (non-hydrogen) atoms. The van der Waals surface area contributed by atoms with E-state index < -0.39 is 30.2 Å². The summed E-state index contributed by atoms with van der Waals surface area (Å²) >= 11 is 0. The van der Waals surface area contributed by atoms with E-state index in [-0.39, 0.29) is 23.8 Å². The maximum Gasteiger partial charge on any atom is 0.416 e. The summed E-state index contributed by atoms with van der Waals surface area (Å²) in [5.74, 6) is -1.56. The highest BCUT2D eigenvalue weighted by Crippen LogP contribution is 2.40. The molecule has 3 aromatic carbocycles. The van der Waals surface area contributed by atoms with Crippen LogP contribution in [0.5, 0.6) is 5.75 Å². The van der Waals surface area contributed by atoms with Crippen molar-refractivity contribution in [3.63, 3.8) is 0 Å². The van der Waals surface area contributed by atoms with Crippen LogP contribution < -0.4 is 10.5 Å². The molecule has 182 valence electrons. The van der Waals surface area contributed by atoms with Crippen molar-refractivity contribution in [2.75, 3.05) is 6.61 Å². The molecule has 4 rings (SSSR count). The lowest BCUT2D eigenvalue weighted by atomic mass is 9.99. The minimum Gasteiger partial charge on any atom is -0.481 e. The van der Waals surface area contributed by atoms with Crippen LogP contribution in [-0.4, -0.2) is 28.2 Å². The Balaban J connectivity index is 2.05. The number of carboxylic acids is 1. The number of carbonyl (C=O) groups excluding carboxylic acids is 1. The lowest BCUT2D eigenvalue weighted by Crippen LogP contribution is -2.12. The third-order valence-electron chi connectivity index (χ3n) is 5.86. The summed E-state index contributed by atoms with van der Waals surface area (Å²) in [6, 6.07) is 13.6. The molecule has 6 nitrogen and oxygen atoms in total. The molecule has 0 aliphatic carbocycles. The number of nitrogens with zero attached hydrogens (tertiary/aromatic N) is 1. The lowest BCUT2D eigenvalue weighted by molar-refractivity contribution is -0.139. The number of fused-ring (bicyclic) bond motifs is 3. The van der Waals surface area contributed by atoms with Crippen LogP contribution in [0.4, 0.5) is 13.2 Å². The van der Waals surface area contributed by atoms with Crippen molar-refractivity contribution in [1.29, 1.82) is 0 Å². The van der Waals surface area contributed by atoms with Crippen LogP contribution in [0.15, 0.2) is 54.6 Å². The zero-order valence-electron chi connectivity index (χ0n) is 19.0. The summed E-state index contributed by atoms with van der Waals surface area (Å²) < 4.78 is 47.4. The van der Waals surface area contributed by atoms with Crippen LogP contribution in [0, 0.1) is 0 Å². The molecule has 0 bridgehead atoms. The standard InChI is InChI=1S/C26H23F3N2O4/c1-14(2)16-10-20-24(21(11-16)35-13-22(32)33)23-18(25(30)34)7-4-8-19(23)31(20)12-15-5-3-6-17(9-15)26(27,28)29/h3-11,14H,12-13H2,1-2H3,(H2,30,34)(H,32,33). The molecule has 9 heteroatoms. The van der Waals surface area contributed by atoms with E-state index in [1.807, 2.05) is 19.9 Å². The Morgan fingerprint density at radius 1 is 1.03 bits per heavy atom. The molecule has 0 radical (unpaired) electrons. The number of aliphatic carboxylic acids is 1. The monoisotopic (exact) mass is 484 g/mol. The number of alkyl halides is 3. The van der Waals surface area contributed by atoms with Gasteiger partial charge in [0.15, 0.2) is 6.61 Å². The third kappa shape index (κ3) is 4.66. The number of carbonyl (C=O) groups is 2. The van der Waals surface area contributed by atoms with Gasteiger partial charge in [-0.2, -0.15) is 13.2 Å². The van der Waals surface area contributed by atoms with Gasteiger partial charge in [-0.25, -0.2) is 4.79 Å². The molecule has 0 aliphatic rings. The Morgan fingerprint density at radius 3 is 2.37 bits per heavy atom. The molecular weight excluding hydrogens is 461 g/mol. The van der Waals surface area contributed by atoms with Crippen LogP contribution in [0.1, 0.15) is 46.8 Å². The molecule has 0 spiro atoms. The van der Waals surface area contributed by atoms with Crippen molar-refractivity contribution in [2.45, 2.75) is 32.5 Å². The fourth-order valence-electron chi connectivity index (χ4n) is 4.23. The predicted molar refractivity (Wildman–Crippen MR) is 126 cm³/mol. The number of benzene rings is 3. The van der Waals surface area contributed by atoms with Gasteiger partial charge in [0.25, 0.3) is 0 Å². The minimum absolute atomic E-state index is 0.0437. The first-order chi connectivity index (χ1) is 16.5. The van der Waals surface area contributed by atoms with Gasteiger partial charge < -0.3 is 20.1 Å². The third-order valence-corrected chi connectivity index (χ3v) is 5.86. The Kier molecular flexibility index (Phi) is 6.19. The van der Waals surface area contributed by atoms with Gasteiger partial charge in [-0.1, -0.05) is 32.0 Å². The maximum absolute atomic E-state index is 13.3. The number of hydrogen-bond donors (Lipinski definition) is 2. The second-order valence-electron chi connectivity index (χ2n) is 8.60. The first kappa shape index (κ1) is 24.1. The summed E-state index contributed by atoms with van der Waals surface area (Å²) in [5, 5.41) is 10.1. The molecule has 1 heterocycles. The molecule has 0 saturated carbocycles. The van der Waals surface area contributed by atoms with Gasteiger partial charge in [-0.3, -0.25) is 4.79 Å². The van der Waals surface area contributed by atoms with E-state index in [2.05, 4.69) is 0 Å². The van der Waals surface area contributed by atoms with E-state index in [9.17, 15) is 27.9 Å². The first-order valence-electron chi connectivity index (χ1n) is 10.9. The zero-order chi connectivity index (χ0) is 25.5. The molecule has 1 aromatic heterocycles. The molecule has 0 unspecified atom stereocenters. The Hall–Kier alpha value is -4.01. The molecule has 1 amide bonds. The number of hydrogen-bond acceptors (Lipinski definition) is 3. The molecular formula is C26H23F3N2O4. The normalized spacial score (nSPS) is 11.9. The number of halogens is 3. The molecule has 4 aromatic rings. The van der Waals surface area contributed by atoms with Gasteiger partial charge in [0.2, 0.25) is 5.91 Å². The van der Waals surface area contributed by atoms with Gasteiger partial charge in [0, 0.05) is 17.5 Å². The Bertz CT molecular complexity index is 1450. The number of ether oxygens (including phenoxy) is 1. The number of rotatable bonds is 7. The van der Waals surface area contributed by atoms with Crippen molar-refractivity contribution in [1.82, 2.24) is 4.57 Å². The number of primary amides is 1. The van der Waals surface area contributed by atoms with E-state index in [1.165, 1.54) is 6.07 Å². The fourth-order valence-corrected chi connectivity index (χ4v) is 4.23. The van der Waals surface area contributed by atoms with Crippen LogP contribution in [0.25, 0.3) is 21.8 Å². The molecule has 0 atom stereocenters. The van der Waals surface area contributed by atoms with Crippen LogP contribution >= 0.6 is 0 Å². The van der Waals surface area contributed by atoms with E-state index in [0.29, 0.717) is 27.4 Å². The van der Waals surface area contributed by atoms with Crippen molar-refractivity contribution in [3.8, 4) is 5.75 Å². The summed E-state index contributed by atoms with van der Waals surface area (Å²) in [4.78, 5) is 23.5. The number of amides is 1. The van der Waals surface area contributed by atoms with E-state index in [0.717, 1.165) is 17.7 Å². The second-order valence-corrected chi connectivity index (χ2v) is 8.60. The van der Waals surface area contributed by atoms with Crippen LogP contribution in [0.2, 0.25) is 0 Å². The van der Waals surface area contributed by atoms with Gasteiger partial charge in [0.1, 0.15) is 5.75 Å². The average molecular weight is 484 g/mol. The summed E-state index contributed by atoms with van der Waals surface area (Å²) in [6.07, 6.45) is -4.49. The maximum atomic E-state index is 13.3. The molecule has 0 saturated heterocycles. The lowest BCUT2D eigenvalue weighted by Gasteiger charge is -2.14. The Labute approximate surface area is 198 Å². The zero-order valence-corrected chi connectivity index (χ0v) is 19.0. The smallest absolute Gasteiger partial charge is 0.416 e. The topological polar surface area (TPSA) is 94.6 Å². The number of nitrogens with two attached hydrogens (primary N) is 1. The largest absolute Gasteiger partial charge is 0.481 e. The molecule has 0 aliphatic heterocycles. The Morgan fingerprint density at radius 2 is 1.74 bits per heavy atom. The number of carboxylic acid groups (broad SMARTS) is 1. The average Bonchev–Trinajstić information content (AvgIpc) is 3.10. The fraction of sp³-hybridized carbons (Fsp3) is 0.231. The quantitative estimate of drug-likeness (QED) is 0.360. The molecule has 0 fully saturated rings. The minimum atomic E-state index is -4.49. The van der Waals surface area contributed by atoms with E-state index in [1.54, 1.807) is 34.9 Å². The van der Waals surface area contributed by atoms with Crippen LogP contribution in [0.3, 0.4) is 0 Å².